The van der Waals surface area contributed by atoms with Crippen LogP contribution in [0.5, 0.6) is 0 Å². The summed E-state index contributed by atoms with van der Waals surface area (Å²) in [5.74, 6) is -0.162. The third-order valence-electron chi connectivity index (χ3n) is 4.03. The lowest BCUT2D eigenvalue weighted by Crippen LogP contribution is -2.45. The van der Waals surface area contributed by atoms with Gasteiger partial charge in [-0.15, -0.1) is 0 Å². The molecule has 1 aliphatic rings. The van der Waals surface area contributed by atoms with Gasteiger partial charge in [0.25, 0.3) is 0 Å². The summed E-state index contributed by atoms with van der Waals surface area (Å²) in [5, 5.41) is 0. The Morgan fingerprint density at radius 3 is 2.43 bits per heavy atom. The number of esters is 1. The maximum Gasteiger partial charge on any atom is 0.324 e. The molecule has 3 atom stereocenters. The van der Waals surface area contributed by atoms with Crippen molar-refractivity contribution in [1.82, 2.24) is 4.67 Å². The van der Waals surface area contributed by atoms with Crippen LogP contribution in [-0.4, -0.2) is 23.3 Å². The molecule has 0 aromatic heterocycles. The summed E-state index contributed by atoms with van der Waals surface area (Å²) in [6.45, 7) is 0.394. The first-order valence-corrected chi connectivity index (χ1v) is 8.23. The number of nitrogens with zero attached hydrogens (tertiary/aromatic N) is 1. The van der Waals surface area contributed by atoms with E-state index in [4.69, 9.17) is 4.74 Å². The van der Waals surface area contributed by atoms with Gasteiger partial charge in [-0.2, -0.15) is 0 Å². The molecular weight excluding hydrogens is 305 g/mol. The van der Waals surface area contributed by atoms with Gasteiger partial charge in [-0.3, -0.25) is 9.46 Å². The van der Waals surface area contributed by atoms with Crippen LogP contribution in [-0.2, 0) is 9.53 Å². The molecule has 3 rings (SSSR count). The van der Waals surface area contributed by atoms with Gasteiger partial charge in [0, 0.05) is 0 Å². The normalized spacial score (nSPS) is 22.2. The van der Waals surface area contributed by atoms with E-state index in [0.29, 0.717) is 13.0 Å². The molecule has 0 radical (unpaired) electrons. The van der Waals surface area contributed by atoms with Crippen LogP contribution in [0.3, 0.4) is 0 Å². The number of rotatable bonds is 4. The lowest BCUT2D eigenvalue weighted by atomic mass is 10.0. The summed E-state index contributed by atoms with van der Waals surface area (Å²) < 4.78 is 7.44. The highest BCUT2D eigenvalue weighted by molar-refractivity contribution is 7.13. The van der Waals surface area contributed by atoms with E-state index in [9.17, 15) is 4.79 Å². The Morgan fingerprint density at radius 1 is 1.09 bits per heavy atom. The van der Waals surface area contributed by atoms with Crippen LogP contribution in [0, 0.1) is 0 Å². The van der Waals surface area contributed by atoms with Crippen LogP contribution in [0.2, 0.25) is 0 Å². The molecule has 0 N–H and O–H groups in total. The molecule has 1 aliphatic heterocycles. The Morgan fingerprint density at radius 2 is 1.74 bits per heavy atom. The minimum absolute atomic E-state index is 0.0778. The Labute approximate surface area is 139 Å². The quantitative estimate of drug-likeness (QED) is 0.632. The number of carbonyl (C=O) groups excluding carboxylic acids is 1. The van der Waals surface area contributed by atoms with Crippen molar-refractivity contribution in [1.29, 1.82) is 0 Å². The van der Waals surface area contributed by atoms with Crippen molar-refractivity contribution in [2.75, 3.05) is 6.61 Å². The van der Waals surface area contributed by atoms with Gasteiger partial charge in [-0.1, -0.05) is 82.2 Å². The molecule has 2 aromatic rings. The fourth-order valence-corrected chi connectivity index (χ4v) is 3.24. The standard InChI is InChI=1S/C19H20NO2P/c21-19-17(13-7-10-15-8-3-1-4-9-15)20(23)18(14-22-19)16-11-5-2-6-12-16/h1-12,17-18H,13-14,23H2/b10-7+/t17?,18-/m0/s1. The summed E-state index contributed by atoms with van der Waals surface area (Å²) in [6, 6.07) is 20.0. The predicted octanol–water partition coefficient (Wildman–Crippen LogP) is 3.85. The van der Waals surface area contributed by atoms with Crippen LogP contribution >= 0.6 is 9.39 Å². The van der Waals surface area contributed by atoms with Crippen molar-refractivity contribution in [3.8, 4) is 0 Å². The van der Waals surface area contributed by atoms with Crippen LogP contribution in [0.15, 0.2) is 66.7 Å². The van der Waals surface area contributed by atoms with Gasteiger partial charge in [0.1, 0.15) is 12.6 Å². The second-order valence-electron chi connectivity index (χ2n) is 5.57. The van der Waals surface area contributed by atoms with Gasteiger partial charge in [0.15, 0.2) is 0 Å². The van der Waals surface area contributed by atoms with Gasteiger partial charge in [-0.05, 0) is 17.5 Å². The van der Waals surface area contributed by atoms with Gasteiger partial charge in [-0.25, -0.2) is 0 Å². The van der Waals surface area contributed by atoms with E-state index in [-0.39, 0.29) is 18.1 Å². The van der Waals surface area contributed by atoms with E-state index in [0.717, 1.165) is 11.1 Å². The fraction of sp³-hybridized carbons (Fsp3) is 0.211. The van der Waals surface area contributed by atoms with E-state index in [1.807, 2.05) is 65.4 Å². The zero-order valence-electron chi connectivity index (χ0n) is 12.8. The molecule has 1 saturated heterocycles. The first kappa shape index (κ1) is 15.9. The highest BCUT2D eigenvalue weighted by Gasteiger charge is 2.35. The highest BCUT2D eigenvalue weighted by Crippen LogP contribution is 2.32. The van der Waals surface area contributed by atoms with Crippen molar-refractivity contribution in [3.05, 3.63) is 77.9 Å². The second kappa shape index (κ2) is 7.54. The second-order valence-corrected chi connectivity index (χ2v) is 6.16. The minimum Gasteiger partial charge on any atom is -0.462 e. The third-order valence-corrected chi connectivity index (χ3v) is 4.75. The number of benzene rings is 2. The Balaban J connectivity index is 1.70. The summed E-state index contributed by atoms with van der Waals surface area (Å²) in [7, 11) is 2.70. The van der Waals surface area contributed by atoms with E-state index in [2.05, 4.69) is 21.5 Å². The van der Waals surface area contributed by atoms with Crippen molar-refractivity contribution in [2.45, 2.75) is 18.5 Å². The third kappa shape index (κ3) is 3.87. The van der Waals surface area contributed by atoms with Gasteiger partial charge in [0.05, 0.1) is 6.04 Å². The molecule has 0 bridgehead atoms. The first-order chi connectivity index (χ1) is 11.3. The van der Waals surface area contributed by atoms with Crippen molar-refractivity contribution in [2.24, 2.45) is 0 Å². The molecule has 0 aliphatic carbocycles. The average Bonchev–Trinajstić information content (AvgIpc) is 2.59. The number of carbonyl (C=O) groups is 1. The van der Waals surface area contributed by atoms with Crippen molar-refractivity contribution in [3.63, 3.8) is 0 Å². The average molecular weight is 325 g/mol. The number of hydrogen-bond acceptors (Lipinski definition) is 3. The molecule has 23 heavy (non-hydrogen) atoms. The first-order valence-electron chi connectivity index (χ1n) is 7.72. The minimum atomic E-state index is -0.279. The lowest BCUT2D eigenvalue weighted by Gasteiger charge is -2.37. The molecule has 2 unspecified atom stereocenters. The summed E-state index contributed by atoms with van der Waals surface area (Å²) in [5.41, 5.74) is 2.29. The molecule has 0 amide bonds. The van der Waals surface area contributed by atoms with Crippen molar-refractivity contribution >= 4 is 21.4 Å². The zero-order chi connectivity index (χ0) is 16.1. The topological polar surface area (TPSA) is 29.5 Å². The van der Waals surface area contributed by atoms with Crippen LogP contribution < -0.4 is 0 Å². The Kier molecular flexibility index (Phi) is 5.22. The lowest BCUT2D eigenvalue weighted by molar-refractivity contribution is -0.156. The van der Waals surface area contributed by atoms with Gasteiger partial charge < -0.3 is 4.74 Å². The number of ether oxygens (including phenoxy) is 1. The summed E-state index contributed by atoms with van der Waals surface area (Å²) in [4.78, 5) is 12.1. The Bertz CT molecular complexity index is 672. The molecule has 118 valence electrons. The van der Waals surface area contributed by atoms with Gasteiger partial charge >= 0.3 is 5.97 Å². The maximum absolute atomic E-state index is 12.1. The summed E-state index contributed by atoms with van der Waals surface area (Å²) in [6.07, 6.45) is 4.70. The van der Waals surface area contributed by atoms with E-state index < -0.39 is 0 Å². The van der Waals surface area contributed by atoms with E-state index >= 15 is 0 Å². The van der Waals surface area contributed by atoms with E-state index in [1.54, 1.807) is 0 Å². The van der Waals surface area contributed by atoms with Crippen LogP contribution in [0.4, 0.5) is 0 Å². The molecule has 0 saturated carbocycles. The number of hydrogen-bond donors (Lipinski definition) is 0. The SMILES string of the molecule is O=C1OC[C@@H](c2ccccc2)N(P)C1C/C=C/c1ccccc1. The fourth-order valence-electron chi connectivity index (χ4n) is 2.74. The van der Waals surface area contributed by atoms with E-state index in [1.165, 1.54) is 0 Å². The molecular formula is C19H20NO2P. The number of morpholine rings is 1. The van der Waals surface area contributed by atoms with Crippen molar-refractivity contribution < 1.29 is 9.53 Å². The number of cyclic esters (lactones) is 1. The van der Waals surface area contributed by atoms with Gasteiger partial charge in [0.2, 0.25) is 0 Å². The summed E-state index contributed by atoms with van der Waals surface area (Å²) >= 11 is 0. The molecule has 4 heteroatoms. The molecule has 1 heterocycles. The molecule has 2 aromatic carbocycles. The zero-order valence-corrected chi connectivity index (χ0v) is 14.0. The monoisotopic (exact) mass is 325 g/mol. The molecule has 1 fully saturated rings. The largest absolute Gasteiger partial charge is 0.462 e. The Hall–Kier alpha value is -1.96. The maximum atomic E-state index is 12.1. The molecule has 0 spiro atoms. The predicted molar refractivity (Wildman–Crippen MR) is 95.6 cm³/mol. The molecule has 3 nitrogen and oxygen atoms in total. The smallest absolute Gasteiger partial charge is 0.324 e. The van der Waals surface area contributed by atoms with Crippen LogP contribution in [0.25, 0.3) is 6.08 Å². The van der Waals surface area contributed by atoms with Crippen LogP contribution in [0.1, 0.15) is 23.6 Å². The highest BCUT2D eigenvalue weighted by atomic mass is 31.0.